The Balaban J connectivity index is 0.00000338. The summed E-state index contributed by atoms with van der Waals surface area (Å²) in [6, 6.07) is 7.28. The molecule has 0 atom stereocenters. The van der Waals surface area contributed by atoms with Gasteiger partial charge in [0.15, 0.2) is 0 Å². The van der Waals surface area contributed by atoms with Gasteiger partial charge in [-0.25, -0.2) is 0 Å². The van der Waals surface area contributed by atoms with Crippen molar-refractivity contribution in [2.24, 2.45) is 0 Å². The molecule has 27 heavy (non-hydrogen) atoms. The quantitative estimate of drug-likeness (QED) is 0.566. The first kappa shape index (κ1) is 25.7. The topological polar surface area (TPSA) is 73.5 Å². The molecular formula is C19H32Cl2N4O2. The molecule has 154 valence electrons. The number of amides is 2. The van der Waals surface area contributed by atoms with Crippen molar-refractivity contribution in [1.82, 2.24) is 10.2 Å². The average molecular weight is 419 g/mol. The number of anilines is 2. The summed E-state index contributed by atoms with van der Waals surface area (Å²) in [7, 11) is 1.87. The zero-order chi connectivity index (χ0) is 17.9. The number of carbonyl (C=O) groups excluding carboxylic acids is 2. The van der Waals surface area contributed by atoms with Crippen molar-refractivity contribution < 1.29 is 9.59 Å². The van der Waals surface area contributed by atoms with E-state index >= 15 is 0 Å². The van der Waals surface area contributed by atoms with Crippen molar-refractivity contribution in [1.29, 1.82) is 0 Å². The summed E-state index contributed by atoms with van der Waals surface area (Å²) in [5.41, 5.74) is 1.51. The highest BCUT2D eigenvalue weighted by molar-refractivity contribution is 5.93. The zero-order valence-electron chi connectivity index (χ0n) is 16.0. The first-order valence-electron chi connectivity index (χ1n) is 9.24. The summed E-state index contributed by atoms with van der Waals surface area (Å²) >= 11 is 0. The van der Waals surface area contributed by atoms with Crippen LogP contribution in [0.4, 0.5) is 11.4 Å². The normalized spacial score (nSPS) is 14.3. The summed E-state index contributed by atoms with van der Waals surface area (Å²) < 4.78 is 0. The van der Waals surface area contributed by atoms with Crippen LogP contribution in [0.15, 0.2) is 24.3 Å². The van der Waals surface area contributed by atoms with Gasteiger partial charge in [0.05, 0.1) is 6.54 Å². The van der Waals surface area contributed by atoms with Crippen molar-refractivity contribution in [2.75, 3.05) is 43.9 Å². The fourth-order valence-electron chi connectivity index (χ4n) is 2.98. The van der Waals surface area contributed by atoms with E-state index in [2.05, 4.69) is 20.9 Å². The average Bonchev–Trinajstić information content (AvgIpc) is 2.85. The van der Waals surface area contributed by atoms with Gasteiger partial charge in [0, 0.05) is 17.8 Å². The van der Waals surface area contributed by atoms with E-state index in [9.17, 15) is 9.59 Å². The minimum absolute atomic E-state index is 0. The molecule has 1 fully saturated rings. The van der Waals surface area contributed by atoms with Gasteiger partial charge in [0.25, 0.3) is 0 Å². The highest BCUT2D eigenvalue weighted by Gasteiger charge is 2.13. The highest BCUT2D eigenvalue weighted by atomic mass is 35.5. The molecule has 2 rings (SSSR count). The number of likely N-dealkylation sites (tertiary alicyclic amines) is 1. The van der Waals surface area contributed by atoms with E-state index in [0.717, 1.165) is 37.4 Å². The molecule has 0 spiro atoms. The van der Waals surface area contributed by atoms with Gasteiger partial charge < -0.3 is 16.0 Å². The molecule has 0 radical (unpaired) electrons. The number of hydrogen-bond donors (Lipinski definition) is 3. The molecule has 0 bridgehead atoms. The molecule has 1 aliphatic rings. The second kappa shape index (κ2) is 14.7. The Kier molecular flexibility index (Phi) is 14.0. The molecule has 1 aliphatic heterocycles. The van der Waals surface area contributed by atoms with E-state index in [1.165, 1.54) is 25.7 Å². The lowest BCUT2D eigenvalue weighted by Gasteiger charge is -2.19. The van der Waals surface area contributed by atoms with Crippen LogP contribution >= 0.6 is 24.8 Å². The van der Waals surface area contributed by atoms with E-state index in [4.69, 9.17) is 0 Å². The maximum Gasteiger partial charge on any atom is 0.238 e. The maximum absolute atomic E-state index is 12.2. The third kappa shape index (κ3) is 10.5. The van der Waals surface area contributed by atoms with Gasteiger partial charge in [-0.15, -0.1) is 24.8 Å². The molecule has 3 N–H and O–H groups in total. The molecule has 1 heterocycles. The number of nitrogens with zero attached hydrogens (tertiary/aromatic N) is 1. The van der Waals surface area contributed by atoms with Gasteiger partial charge in [-0.05, 0) is 70.2 Å². The fraction of sp³-hybridized carbons (Fsp3) is 0.579. The molecule has 8 heteroatoms. The van der Waals surface area contributed by atoms with Gasteiger partial charge in [0.1, 0.15) is 0 Å². The predicted octanol–water partition coefficient (Wildman–Crippen LogP) is 3.28. The maximum atomic E-state index is 12.2. The number of carbonyl (C=O) groups is 2. The molecule has 0 aliphatic carbocycles. The van der Waals surface area contributed by atoms with Crippen LogP contribution in [0, 0.1) is 0 Å². The Morgan fingerprint density at radius 3 is 1.93 bits per heavy atom. The van der Waals surface area contributed by atoms with Crippen LogP contribution in [0.5, 0.6) is 0 Å². The van der Waals surface area contributed by atoms with Crippen LogP contribution in [0.2, 0.25) is 0 Å². The van der Waals surface area contributed by atoms with Crippen molar-refractivity contribution in [3.05, 3.63) is 24.3 Å². The van der Waals surface area contributed by atoms with Crippen LogP contribution in [-0.4, -0.2) is 49.9 Å². The van der Waals surface area contributed by atoms with Crippen molar-refractivity contribution in [3.63, 3.8) is 0 Å². The largest absolute Gasteiger partial charge is 0.326 e. The molecule has 2 amide bonds. The standard InChI is InChI=1S/C19H30N4O2.2ClH/c1-20-12-6-7-18(24)21-16-8-10-17(11-9-16)22-19(25)15-23-13-4-2-3-5-14-23;;/h8-11,20H,2-7,12-15H2,1H3,(H,21,24)(H,22,25);2*1H. The smallest absolute Gasteiger partial charge is 0.238 e. The van der Waals surface area contributed by atoms with Crippen LogP contribution in [0.25, 0.3) is 0 Å². The monoisotopic (exact) mass is 418 g/mol. The van der Waals surface area contributed by atoms with E-state index in [1.54, 1.807) is 0 Å². The number of benzene rings is 1. The van der Waals surface area contributed by atoms with Gasteiger partial charge in [-0.2, -0.15) is 0 Å². The lowest BCUT2D eigenvalue weighted by molar-refractivity contribution is -0.117. The molecule has 0 saturated carbocycles. The molecular weight excluding hydrogens is 387 g/mol. The molecule has 1 saturated heterocycles. The minimum atomic E-state index is 0. The number of halogens is 2. The van der Waals surface area contributed by atoms with E-state index in [1.807, 2.05) is 31.3 Å². The second-order valence-electron chi connectivity index (χ2n) is 6.57. The number of hydrogen-bond acceptors (Lipinski definition) is 4. The summed E-state index contributed by atoms with van der Waals surface area (Å²) in [6.07, 6.45) is 6.19. The van der Waals surface area contributed by atoms with E-state index < -0.39 is 0 Å². The first-order chi connectivity index (χ1) is 12.2. The van der Waals surface area contributed by atoms with Crippen LogP contribution in [0.3, 0.4) is 0 Å². The Bertz CT molecular complexity index is 547. The van der Waals surface area contributed by atoms with Gasteiger partial charge in [-0.3, -0.25) is 14.5 Å². The molecule has 0 aromatic heterocycles. The number of nitrogens with one attached hydrogen (secondary N) is 3. The van der Waals surface area contributed by atoms with Crippen LogP contribution in [0.1, 0.15) is 38.5 Å². The van der Waals surface area contributed by atoms with Crippen LogP contribution in [-0.2, 0) is 9.59 Å². The Morgan fingerprint density at radius 1 is 0.889 bits per heavy atom. The molecule has 6 nitrogen and oxygen atoms in total. The van der Waals surface area contributed by atoms with Crippen LogP contribution < -0.4 is 16.0 Å². The lowest BCUT2D eigenvalue weighted by Crippen LogP contribution is -2.33. The first-order valence-corrected chi connectivity index (χ1v) is 9.24. The third-order valence-electron chi connectivity index (χ3n) is 4.35. The number of rotatable bonds is 8. The van der Waals surface area contributed by atoms with Gasteiger partial charge >= 0.3 is 0 Å². The zero-order valence-corrected chi connectivity index (χ0v) is 17.6. The molecule has 1 aromatic rings. The Hall–Kier alpha value is -1.34. The summed E-state index contributed by atoms with van der Waals surface area (Å²) in [4.78, 5) is 26.2. The summed E-state index contributed by atoms with van der Waals surface area (Å²) in [5.74, 6) is 0.0268. The summed E-state index contributed by atoms with van der Waals surface area (Å²) in [5, 5.41) is 8.82. The summed E-state index contributed by atoms with van der Waals surface area (Å²) in [6.45, 7) is 3.29. The highest BCUT2D eigenvalue weighted by Crippen LogP contribution is 2.15. The SMILES string of the molecule is CNCCCC(=O)Nc1ccc(NC(=O)CN2CCCCCC2)cc1.Cl.Cl. The van der Waals surface area contributed by atoms with Crippen molar-refractivity contribution >= 4 is 48.0 Å². The Labute approximate surface area is 174 Å². The predicted molar refractivity (Wildman–Crippen MR) is 116 cm³/mol. The van der Waals surface area contributed by atoms with Gasteiger partial charge in [-0.1, -0.05) is 12.8 Å². The van der Waals surface area contributed by atoms with Crippen molar-refractivity contribution in [3.8, 4) is 0 Å². The van der Waals surface area contributed by atoms with E-state index in [0.29, 0.717) is 13.0 Å². The minimum Gasteiger partial charge on any atom is -0.326 e. The third-order valence-corrected chi connectivity index (χ3v) is 4.35. The Morgan fingerprint density at radius 2 is 1.41 bits per heavy atom. The molecule has 1 aromatic carbocycles. The van der Waals surface area contributed by atoms with E-state index in [-0.39, 0.29) is 36.6 Å². The van der Waals surface area contributed by atoms with Crippen molar-refractivity contribution in [2.45, 2.75) is 38.5 Å². The fourth-order valence-corrected chi connectivity index (χ4v) is 2.98. The van der Waals surface area contributed by atoms with Gasteiger partial charge in [0.2, 0.25) is 11.8 Å². The lowest BCUT2D eigenvalue weighted by atomic mass is 10.2. The molecule has 0 unspecified atom stereocenters. The second-order valence-corrected chi connectivity index (χ2v) is 6.57.